The summed E-state index contributed by atoms with van der Waals surface area (Å²) in [6.45, 7) is 2.59. The van der Waals surface area contributed by atoms with E-state index in [9.17, 15) is 4.39 Å². The summed E-state index contributed by atoms with van der Waals surface area (Å²) in [5, 5.41) is 4.55. The number of hydrogen-bond donors (Lipinski definition) is 1. The molecule has 2 aliphatic heterocycles. The van der Waals surface area contributed by atoms with Crippen molar-refractivity contribution in [2.45, 2.75) is 24.7 Å². The summed E-state index contributed by atoms with van der Waals surface area (Å²) >= 11 is 6.07. The zero-order valence-electron chi connectivity index (χ0n) is 9.93. The molecule has 1 aromatic rings. The van der Waals surface area contributed by atoms with Gasteiger partial charge in [0.05, 0.1) is 37.2 Å². The lowest BCUT2D eigenvalue weighted by Gasteiger charge is -2.43. The molecule has 0 aromatic carbocycles. The number of nitrogens with zero attached hydrogens (tertiary/aromatic N) is 3. The Balaban J connectivity index is 1.77. The molecule has 100 valence electrons. The van der Waals surface area contributed by atoms with Crippen LogP contribution < -0.4 is 5.73 Å². The van der Waals surface area contributed by atoms with Gasteiger partial charge < -0.3 is 10.5 Å². The van der Waals surface area contributed by atoms with E-state index in [0.717, 1.165) is 6.54 Å². The molecule has 0 radical (unpaired) electrons. The molecule has 1 aromatic heterocycles. The van der Waals surface area contributed by atoms with Crippen LogP contribution in [-0.4, -0.2) is 53.2 Å². The first-order chi connectivity index (χ1) is 8.65. The summed E-state index contributed by atoms with van der Waals surface area (Å²) in [4.78, 5) is 2.12. The fourth-order valence-corrected chi connectivity index (χ4v) is 2.80. The summed E-state index contributed by atoms with van der Waals surface area (Å²) in [6.07, 6.45) is 1.09. The minimum atomic E-state index is -0.856. The summed E-state index contributed by atoms with van der Waals surface area (Å²) in [5.41, 5.74) is 6.11. The van der Waals surface area contributed by atoms with Crippen LogP contribution in [0.4, 0.5) is 10.1 Å². The van der Waals surface area contributed by atoms with Crippen molar-refractivity contribution in [3.63, 3.8) is 0 Å². The van der Waals surface area contributed by atoms with Gasteiger partial charge in [0.25, 0.3) is 0 Å². The van der Waals surface area contributed by atoms with E-state index < -0.39 is 6.17 Å². The molecule has 7 heteroatoms. The van der Waals surface area contributed by atoms with Crippen LogP contribution in [0.3, 0.4) is 0 Å². The molecule has 0 spiro atoms. The van der Waals surface area contributed by atoms with Gasteiger partial charge in [0.15, 0.2) is 0 Å². The number of nitrogen functional groups attached to an aromatic ring is 1. The Kier molecular flexibility index (Phi) is 3.17. The summed E-state index contributed by atoms with van der Waals surface area (Å²) < 4.78 is 20.6. The van der Waals surface area contributed by atoms with E-state index in [-0.39, 0.29) is 6.04 Å². The Labute approximate surface area is 110 Å². The SMILES string of the molecule is Nc1cnn([C@H]2C[C@H](F)CN(C3COC3)C2)c1Cl. The van der Waals surface area contributed by atoms with Crippen LogP contribution in [0.1, 0.15) is 12.5 Å². The first-order valence-electron chi connectivity index (χ1n) is 6.09. The fourth-order valence-electron chi connectivity index (χ4n) is 2.57. The molecule has 5 nitrogen and oxygen atoms in total. The van der Waals surface area contributed by atoms with Crippen molar-refractivity contribution in [3.8, 4) is 0 Å². The van der Waals surface area contributed by atoms with Crippen molar-refractivity contribution in [2.24, 2.45) is 0 Å². The molecule has 0 bridgehead atoms. The predicted octanol–water partition coefficient (Wildman–Crippen LogP) is 1.10. The maximum Gasteiger partial charge on any atom is 0.150 e. The minimum Gasteiger partial charge on any atom is -0.395 e. The number of alkyl halides is 1. The van der Waals surface area contributed by atoms with Crippen LogP contribution in [0.2, 0.25) is 5.15 Å². The van der Waals surface area contributed by atoms with E-state index >= 15 is 0 Å². The molecule has 3 heterocycles. The quantitative estimate of drug-likeness (QED) is 0.878. The number of likely N-dealkylation sites (tertiary alicyclic amines) is 1. The second kappa shape index (κ2) is 4.68. The van der Waals surface area contributed by atoms with Crippen molar-refractivity contribution < 1.29 is 9.13 Å². The van der Waals surface area contributed by atoms with E-state index in [1.807, 2.05) is 0 Å². The smallest absolute Gasteiger partial charge is 0.150 e. The Hall–Kier alpha value is -0.850. The molecule has 18 heavy (non-hydrogen) atoms. The second-order valence-corrected chi connectivity index (χ2v) is 5.33. The molecular weight excluding hydrogens is 259 g/mol. The van der Waals surface area contributed by atoms with Crippen LogP contribution in [0.15, 0.2) is 6.20 Å². The molecular formula is C11H16ClFN4O. The van der Waals surface area contributed by atoms with Crippen molar-refractivity contribution in [3.05, 3.63) is 11.3 Å². The Morgan fingerprint density at radius 2 is 2.17 bits per heavy atom. The largest absolute Gasteiger partial charge is 0.395 e. The zero-order chi connectivity index (χ0) is 12.7. The highest BCUT2D eigenvalue weighted by Crippen LogP contribution is 2.30. The lowest BCUT2D eigenvalue weighted by atomic mass is 10.0. The maximum atomic E-state index is 13.8. The van der Waals surface area contributed by atoms with Gasteiger partial charge in [-0.1, -0.05) is 11.6 Å². The lowest BCUT2D eigenvalue weighted by molar-refractivity contribution is -0.0855. The molecule has 0 aliphatic carbocycles. The number of hydrogen-bond acceptors (Lipinski definition) is 4. The Morgan fingerprint density at radius 1 is 1.39 bits per heavy atom. The normalized spacial score (nSPS) is 30.3. The molecule has 2 aliphatic rings. The Morgan fingerprint density at radius 3 is 2.72 bits per heavy atom. The topological polar surface area (TPSA) is 56.3 Å². The molecule has 0 unspecified atom stereocenters. The highest BCUT2D eigenvalue weighted by Gasteiger charge is 2.36. The van der Waals surface area contributed by atoms with Crippen molar-refractivity contribution in [1.29, 1.82) is 0 Å². The van der Waals surface area contributed by atoms with Crippen molar-refractivity contribution in [2.75, 3.05) is 32.0 Å². The van der Waals surface area contributed by atoms with Gasteiger partial charge in [-0.25, -0.2) is 9.07 Å². The molecule has 3 rings (SSSR count). The third-order valence-corrected chi connectivity index (χ3v) is 4.04. The average molecular weight is 275 g/mol. The fraction of sp³-hybridized carbons (Fsp3) is 0.727. The Bertz CT molecular complexity index is 437. The first-order valence-corrected chi connectivity index (χ1v) is 6.47. The van der Waals surface area contributed by atoms with Gasteiger partial charge in [-0.2, -0.15) is 5.10 Å². The number of ether oxygens (including phenoxy) is 1. The molecule has 0 saturated carbocycles. The van der Waals surface area contributed by atoms with Crippen LogP contribution in [0.5, 0.6) is 0 Å². The van der Waals surface area contributed by atoms with Gasteiger partial charge in [-0.3, -0.25) is 4.90 Å². The van der Waals surface area contributed by atoms with Gasteiger partial charge >= 0.3 is 0 Å². The van der Waals surface area contributed by atoms with Crippen LogP contribution in [0.25, 0.3) is 0 Å². The number of rotatable bonds is 2. The lowest BCUT2D eigenvalue weighted by Crippen LogP contribution is -2.55. The van der Waals surface area contributed by atoms with Crippen molar-refractivity contribution in [1.82, 2.24) is 14.7 Å². The van der Waals surface area contributed by atoms with E-state index in [1.54, 1.807) is 4.68 Å². The number of halogens is 2. The standard InChI is InChI=1S/C11H16ClFN4O/c12-11-10(14)2-15-17(11)8-1-7(13)3-16(4-8)9-5-18-6-9/h2,7-9H,1,3-6,14H2/t7-,8-/m0/s1. The van der Waals surface area contributed by atoms with Gasteiger partial charge in [0.2, 0.25) is 0 Å². The van der Waals surface area contributed by atoms with Gasteiger partial charge in [-0.15, -0.1) is 0 Å². The molecule has 0 amide bonds. The first kappa shape index (κ1) is 12.2. The minimum absolute atomic E-state index is 0.0563. The predicted molar refractivity (Wildman–Crippen MR) is 66.4 cm³/mol. The highest BCUT2D eigenvalue weighted by molar-refractivity contribution is 6.32. The molecule has 2 atom stereocenters. The van der Waals surface area contributed by atoms with Gasteiger partial charge in [-0.05, 0) is 0 Å². The van der Waals surface area contributed by atoms with Gasteiger partial charge in [0, 0.05) is 19.5 Å². The third kappa shape index (κ3) is 2.08. The number of nitrogens with two attached hydrogens (primary N) is 1. The summed E-state index contributed by atoms with van der Waals surface area (Å²) in [7, 11) is 0. The average Bonchev–Trinajstić information content (AvgIpc) is 2.56. The molecule has 2 saturated heterocycles. The second-order valence-electron chi connectivity index (χ2n) is 4.97. The summed E-state index contributed by atoms with van der Waals surface area (Å²) in [5.74, 6) is 0. The van der Waals surface area contributed by atoms with Crippen LogP contribution in [0, 0.1) is 0 Å². The van der Waals surface area contributed by atoms with E-state index in [2.05, 4.69) is 10.00 Å². The van der Waals surface area contributed by atoms with E-state index in [0.29, 0.717) is 43.1 Å². The number of aromatic nitrogens is 2. The van der Waals surface area contributed by atoms with Crippen LogP contribution in [-0.2, 0) is 4.74 Å². The van der Waals surface area contributed by atoms with E-state index in [4.69, 9.17) is 22.1 Å². The van der Waals surface area contributed by atoms with Gasteiger partial charge in [0.1, 0.15) is 11.3 Å². The maximum absolute atomic E-state index is 13.8. The molecule has 2 fully saturated rings. The highest BCUT2D eigenvalue weighted by atomic mass is 35.5. The monoisotopic (exact) mass is 274 g/mol. The third-order valence-electron chi connectivity index (χ3n) is 3.65. The molecule has 2 N–H and O–H groups in total. The number of piperidine rings is 1. The number of anilines is 1. The van der Waals surface area contributed by atoms with Crippen molar-refractivity contribution >= 4 is 17.3 Å². The van der Waals surface area contributed by atoms with Crippen LogP contribution >= 0.6 is 11.6 Å². The summed E-state index contributed by atoms with van der Waals surface area (Å²) in [6, 6.07) is 0.275. The van der Waals surface area contributed by atoms with E-state index in [1.165, 1.54) is 6.20 Å². The zero-order valence-corrected chi connectivity index (χ0v) is 10.7.